The van der Waals surface area contributed by atoms with E-state index in [4.69, 9.17) is 5.73 Å². The van der Waals surface area contributed by atoms with E-state index in [1.165, 1.54) is 0 Å². The van der Waals surface area contributed by atoms with E-state index in [9.17, 15) is 4.79 Å². The molecule has 0 radical (unpaired) electrons. The molecule has 0 unspecified atom stereocenters. The fourth-order valence-electron chi connectivity index (χ4n) is 1.21. The third-order valence-corrected chi connectivity index (χ3v) is 1.70. The van der Waals surface area contributed by atoms with E-state index in [-0.39, 0.29) is 5.56 Å². The van der Waals surface area contributed by atoms with Gasteiger partial charge in [0.2, 0.25) is 0 Å². The van der Waals surface area contributed by atoms with Gasteiger partial charge in [0.1, 0.15) is 5.39 Å². The monoisotopic (exact) mass is 164 g/mol. The Bertz CT molecular complexity index is 482. The molecule has 2 rings (SSSR count). The van der Waals surface area contributed by atoms with E-state index < -0.39 is 0 Å². The van der Waals surface area contributed by atoms with Crippen molar-refractivity contribution in [2.75, 3.05) is 5.73 Å². The Labute approximate surface area is 67.6 Å². The molecule has 0 spiro atoms. The Kier molecular flexibility index (Phi) is 1.21. The number of hydrogen-bond acceptors (Lipinski definition) is 3. The standard InChI is InChI=1S/C7H8N4O/c1-3-2-4(8)5-6(9-3)10-11-7(5)12/h2H,1H3,(H4,8,9,10,11,12). The van der Waals surface area contributed by atoms with Crippen LogP contribution in [0.4, 0.5) is 5.69 Å². The average molecular weight is 164 g/mol. The number of pyridine rings is 1. The van der Waals surface area contributed by atoms with Crippen LogP contribution in [0, 0.1) is 6.92 Å². The molecule has 0 aromatic carbocycles. The highest BCUT2D eigenvalue weighted by atomic mass is 16.1. The second-order valence-corrected chi connectivity index (χ2v) is 2.66. The number of hydrogen-bond donors (Lipinski definition) is 3. The minimum absolute atomic E-state index is 0.227. The van der Waals surface area contributed by atoms with Crippen LogP contribution < -0.4 is 11.3 Å². The summed E-state index contributed by atoms with van der Waals surface area (Å²) < 4.78 is 0. The number of fused-ring (bicyclic) bond motifs is 1. The fourth-order valence-corrected chi connectivity index (χ4v) is 1.21. The van der Waals surface area contributed by atoms with E-state index >= 15 is 0 Å². The zero-order chi connectivity index (χ0) is 8.72. The third kappa shape index (κ3) is 0.795. The van der Waals surface area contributed by atoms with E-state index in [1.807, 2.05) is 6.92 Å². The molecule has 0 aliphatic heterocycles. The average Bonchev–Trinajstić information content (AvgIpc) is 2.31. The summed E-state index contributed by atoms with van der Waals surface area (Å²) in [5.41, 5.74) is 7.15. The van der Waals surface area contributed by atoms with Crippen molar-refractivity contribution in [3.05, 3.63) is 22.1 Å². The van der Waals surface area contributed by atoms with Crippen LogP contribution in [0.1, 0.15) is 5.69 Å². The molecule has 0 bridgehead atoms. The Balaban J connectivity index is 3.03. The van der Waals surface area contributed by atoms with Gasteiger partial charge in [-0.2, -0.15) is 0 Å². The van der Waals surface area contributed by atoms with Crippen molar-refractivity contribution in [1.29, 1.82) is 0 Å². The summed E-state index contributed by atoms with van der Waals surface area (Å²) in [4.78, 5) is 15.2. The topological polar surface area (TPSA) is 87.6 Å². The van der Waals surface area contributed by atoms with Gasteiger partial charge in [-0.3, -0.25) is 15.0 Å². The zero-order valence-corrected chi connectivity index (χ0v) is 6.51. The largest absolute Gasteiger partial charge is 0.398 e. The summed E-state index contributed by atoms with van der Waals surface area (Å²) in [6.45, 7) is 1.82. The van der Waals surface area contributed by atoms with Gasteiger partial charge < -0.3 is 5.73 Å². The van der Waals surface area contributed by atoms with Crippen LogP contribution in [0.3, 0.4) is 0 Å². The third-order valence-electron chi connectivity index (χ3n) is 1.70. The van der Waals surface area contributed by atoms with E-state index in [1.54, 1.807) is 6.07 Å². The van der Waals surface area contributed by atoms with Gasteiger partial charge in [-0.25, -0.2) is 4.98 Å². The molecule has 12 heavy (non-hydrogen) atoms. The second kappa shape index (κ2) is 2.10. The number of nitrogens with one attached hydrogen (secondary N) is 2. The number of rotatable bonds is 0. The Morgan fingerprint density at radius 2 is 2.25 bits per heavy atom. The fraction of sp³-hybridized carbons (Fsp3) is 0.143. The predicted molar refractivity (Wildman–Crippen MR) is 45.9 cm³/mol. The van der Waals surface area contributed by atoms with Gasteiger partial charge in [0, 0.05) is 5.69 Å². The number of anilines is 1. The molecule has 62 valence electrons. The number of H-pyrrole nitrogens is 2. The first-order valence-electron chi connectivity index (χ1n) is 3.52. The molecule has 0 fully saturated rings. The van der Waals surface area contributed by atoms with Crippen LogP contribution in [0.5, 0.6) is 0 Å². The van der Waals surface area contributed by atoms with Crippen molar-refractivity contribution in [1.82, 2.24) is 15.2 Å². The van der Waals surface area contributed by atoms with E-state index in [2.05, 4.69) is 15.2 Å². The molecule has 0 aliphatic carbocycles. The minimum atomic E-state index is -0.227. The number of nitrogens with zero attached hydrogens (tertiary/aromatic N) is 1. The molecule has 0 saturated heterocycles. The molecular weight excluding hydrogens is 156 g/mol. The minimum Gasteiger partial charge on any atom is -0.398 e. The molecule has 0 aliphatic rings. The molecule has 2 aromatic rings. The van der Waals surface area contributed by atoms with Gasteiger partial charge in [-0.1, -0.05) is 0 Å². The van der Waals surface area contributed by atoms with Gasteiger partial charge in [0.25, 0.3) is 5.56 Å². The molecule has 0 atom stereocenters. The number of nitrogen functional groups attached to an aromatic ring is 1. The molecule has 2 heterocycles. The van der Waals surface area contributed by atoms with Crippen LogP contribution in [-0.2, 0) is 0 Å². The van der Waals surface area contributed by atoms with Gasteiger partial charge in [0.15, 0.2) is 5.65 Å². The summed E-state index contributed by atoms with van der Waals surface area (Å²) >= 11 is 0. The predicted octanol–water partition coefficient (Wildman–Crippen LogP) is 0.142. The summed E-state index contributed by atoms with van der Waals surface area (Å²) in [6, 6.07) is 1.67. The van der Waals surface area contributed by atoms with Gasteiger partial charge >= 0.3 is 0 Å². The van der Waals surface area contributed by atoms with Crippen LogP contribution >= 0.6 is 0 Å². The number of aromatic nitrogens is 3. The maximum atomic E-state index is 11.1. The molecular formula is C7H8N4O. The van der Waals surface area contributed by atoms with Crippen LogP contribution in [0.2, 0.25) is 0 Å². The first-order chi connectivity index (χ1) is 5.68. The van der Waals surface area contributed by atoms with E-state index in [0.717, 1.165) is 5.69 Å². The van der Waals surface area contributed by atoms with Crippen molar-refractivity contribution >= 4 is 16.7 Å². The first-order valence-corrected chi connectivity index (χ1v) is 3.52. The second-order valence-electron chi connectivity index (χ2n) is 2.66. The smallest absolute Gasteiger partial charge is 0.275 e. The maximum absolute atomic E-state index is 11.1. The van der Waals surface area contributed by atoms with Crippen LogP contribution in [0.25, 0.3) is 11.0 Å². The SMILES string of the molecule is Cc1cc(N)c2c(=O)[nH][nH]c2n1. The van der Waals surface area contributed by atoms with Gasteiger partial charge in [-0.15, -0.1) is 0 Å². The maximum Gasteiger partial charge on any atom is 0.275 e. The van der Waals surface area contributed by atoms with Crippen LogP contribution in [-0.4, -0.2) is 15.2 Å². The Hall–Kier alpha value is -1.78. The van der Waals surface area contributed by atoms with Crippen molar-refractivity contribution in [2.24, 2.45) is 0 Å². The molecule has 0 amide bonds. The summed E-state index contributed by atoms with van der Waals surface area (Å²) in [6.07, 6.45) is 0. The lowest BCUT2D eigenvalue weighted by atomic mass is 10.2. The molecule has 5 nitrogen and oxygen atoms in total. The zero-order valence-electron chi connectivity index (χ0n) is 6.51. The number of aromatic amines is 2. The summed E-state index contributed by atoms with van der Waals surface area (Å²) in [5, 5.41) is 5.49. The summed E-state index contributed by atoms with van der Waals surface area (Å²) in [5.74, 6) is 0. The number of nitrogens with two attached hydrogens (primary N) is 1. The highest BCUT2D eigenvalue weighted by molar-refractivity contribution is 5.86. The molecule has 0 saturated carbocycles. The highest BCUT2D eigenvalue weighted by Crippen LogP contribution is 2.13. The number of aryl methyl sites for hydroxylation is 1. The lowest BCUT2D eigenvalue weighted by molar-refractivity contribution is 1.06. The highest BCUT2D eigenvalue weighted by Gasteiger charge is 2.05. The Morgan fingerprint density at radius 3 is 3.00 bits per heavy atom. The van der Waals surface area contributed by atoms with Crippen LogP contribution in [0.15, 0.2) is 10.9 Å². The molecule has 5 heteroatoms. The van der Waals surface area contributed by atoms with Crippen molar-refractivity contribution in [3.63, 3.8) is 0 Å². The van der Waals surface area contributed by atoms with Gasteiger partial charge in [0.05, 0.1) is 5.69 Å². The molecule has 4 N–H and O–H groups in total. The summed E-state index contributed by atoms with van der Waals surface area (Å²) in [7, 11) is 0. The molecule has 2 aromatic heterocycles. The Morgan fingerprint density at radius 1 is 1.50 bits per heavy atom. The lowest BCUT2D eigenvalue weighted by Gasteiger charge is -1.95. The lowest BCUT2D eigenvalue weighted by Crippen LogP contribution is -2.01. The normalized spacial score (nSPS) is 10.8. The van der Waals surface area contributed by atoms with E-state index in [0.29, 0.717) is 16.7 Å². The first kappa shape index (κ1) is 6.90. The van der Waals surface area contributed by atoms with Crippen molar-refractivity contribution in [2.45, 2.75) is 6.92 Å². The quantitative estimate of drug-likeness (QED) is 0.517. The van der Waals surface area contributed by atoms with Crippen molar-refractivity contribution < 1.29 is 0 Å². The van der Waals surface area contributed by atoms with Crippen molar-refractivity contribution in [3.8, 4) is 0 Å². The van der Waals surface area contributed by atoms with Gasteiger partial charge in [-0.05, 0) is 13.0 Å².